The van der Waals surface area contributed by atoms with Gasteiger partial charge in [-0.3, -0.25) is 10.2 Å². The van der Waals surface area contributed by atoms with E-state index in [0.29, 0.717) is 13.0 Å². The second-order valence-corrected chi connectivity index (χ2v) is 2.79. The van der Waals surface area contributed by atoms with Crippen molar-refractivity contribution in [3.63, 3.8) is 0 Å². The fraction of sp³-hybridized carbons (Fsp3) is 0.714. The van der Waals surface area contributed by atoms with Gasteiger partial charge < -0.3 is 10.5 Å². The molecule has 0 bridgehead atoms. The molecule has 0 fully saturated rings. The van der Waals surface area contributed by atoms with Crippen molar-refractivity contribution in [3.05, 3.63) is 0 Å². The number of nitrogens with one attached hydrogen (secondary N) is 2. The van der Waals surface area contributed by atoms with Gasteiger partial charge in [-0.25, -0.2) is 5.43 Å². The minimum absolute atomic E-state index is 0.0998. The highest BCUT2D eigenvalue weighted by atomic mass is 32.1. The second kappa shape index (κ2) is 6.62. The van der Waals surface area contributed by atoms with Crippen molar-refractivity contribution >= 4 is 23.3 Å². The van der Waals surface area contributed by atoms with Crippen molar-refractivity contribution in [2.45, 2.75) is 26.3 Å². The lowest BCUT2D eigenvalue weighted by Crippen LogP contribution is -2.50. The van der Waals surface area contributed by atoms with Crippen LogP contribution in [0.2, 0.25) is 0 Å². The minimum atomic E-state index is -0.415. The van der Waals surface area contributed by atoms with Gasteiger partial charge in [-0.05, 0) is 25.6 Å². The zero-order chi connectivity index (χ0) is 10.3. The zero-order valence-corrected chi connectivity index (χ0v) is 8.61. The van der Waals surface area contributed by atoms with E-state index in [0.717, 1.165) is 0 Å². The first-order chi connectivity index (χ1) is 6.11. The predicted molar refractivity (Wildman–Crippen MR) is 53.8 cm³/mol. The van der Waals surface area contributed by atoms with Crippen LogP contribution in [0.15, 0.2) is 0 Å². The third kappa shape index (κ3) is 5.37. The Bertz CT molecular complexity index is 187. The maximum Gasteiger partial charge on any atom is 0.324 e. The number of rotatable bonds is 5. The number of hydrogen-bond donors (Lipinski definition) is 3. The molecule has 13 heavy (non-hydrogen) atoms. The van der Waals surface area contributed by atoms with Gasteiger partial charge in [0, 0.05) is 0 Å². The summed E-state index contributed by atoms with van der Waals surface area (Å²) < 4.78 is 4.80. The minimum Gasteiger partial charge on any atom is -0.465 e. The molecule has 0 aromatic rings. The molecule has 5 nitrogen and oxygen atoms in total. The van der Waals surface area contributed by atoms with E-state index in [2.05, 4.69) is 23.1 Å². The molecule has 0 heterocycles. The Balaban J connectivity index is 3.87. The predicted octanol–water partition coefficient (Wildman–Crippen LogP) is -0.334. The van der Waals surface area contributed by atoms with Crippen molar-refractivity contribution in [3.8, 4) is 0 Å². The quantitative estimate of drug-likeness (QED) is 0.324. The van der Waals surface area contributed by atoms with Crippen molar-refractivity contribution in [1.29, 1.82) is 0 Å². The molecule has 0 aliphatic rings. The SMILES string of the molecule is CCOC(=O)C(CC)NNC(N)=S. The second-order valence-electron chi connectivity index (χ2n) is 2.35. The average Bonchev–Trinajstić information content (AvgIpc) is 2.05. The van der Waals surface area contributed by atoms with Crippen molar-refractivity contribution < 1.29 is 9.53 Å². The van der Waals surface area contributed by atoms with Crippen LogP contribution < -0.4 is 16.6 Å². The summed E-state index contributed by atoms with van der Waals surface area (Å²) in [5.74, 6) is -0.311. The van der Waals surface area contributed by atoms with Gasteiger partial charge in [0.05, 0.1) is 6.61 Å². The van der Waals surface area contributed by atoms with Crippen molar-refractivity contribution in [1.82, 2.24) is 10.9 Å². The van der Waals surface area contributed by atoms with E-state index in [4.69, 9.17) is 10.5 Å². The summed E-state index contributed by atoms with van der Waals surface area (Å²) in [7, 11) is 0. The molecule has 0 aromatic heterocycles. The molecular weight excluding hydrogens is 190 g/mol. The molecule has 76 valence electrons. The maximum absolute atomic E-state index is 11.2. The number of esters is 1. The Labute approximate surface area is 83.0 Å². The van der Waals surface area contributed by atoms with Crippen LogP contribution in [0.5, 0.6) is 0 Å². The summed E-state index contributed by atoms with van der Waals surface area (Å²) in [4.78, 5) is 11.2. The standard InChI is InChI=1S/C7H15N3O2S/c1-3-5(6(11)12-4-2)9-10-7(8)13/h5,9H,3-4H2,1-2H3,(H3,8,10,13). The smallest absolute Gasteiger partial charge is 0.324 e. The van der Waals surface area contributed by atoms with Crippen molar-refractivity contribution in [2.24, 2.45) is 5.73 Å². The molecule has 1 unspecified atom stereocenters. The normalized spacial score (nSPS) is 11.8. The number of ether oxygens (including phenoxy) is 1. The highest BCUT2D eigenvalue weighted by molar-refractivity contribution is 7.80. The monoisotopic (exact) mass is 205 g/mol. The Kier molecular flexibility index (Phi) is 6.17. The molecule has 4 N–H and O–H groups in total. The fourth-order valence-corrected chi connectivity index (χ4v) is 0.788. The first-order valence-electron chi connectivity index (χ1n) is 4.09. The topological polar surface area (TPSA) is 76.4 Å². The van der Waals surface area contributed by atoms with E-state index in [1.54, 1.807) is 6.92 Å². The van der Waals surface area contributed by atoms with Crippen LogP contribution in [-0.2, 0) is 9.53 Å². The van der Waals surface area contributed by atoms with E-state index in [9.17, 15) is 4.79 Å². The summed E-state index contributed by atoms with van der Waals surface area (Å²) in [6, 6.07) is -0.415. The number of hydrogen-bond acceptors (Lipinski definition) is 4. The zero-order valence-electron chi connectivity index (χ0n) is 7.79. The molecule has 0 saturated heterocycles. The number of carbonyl (C=O) groups excluding carboxylic acids is 1. The van der Waals surface area contributed by atoms with Crippen LogP contribution in [-0.4, -0.2) is 23.7 Å². The summed E-state index contributed by atoms with van der Waals surface area (Å²) in [5, 5.41) is 0.0998. The molecule has 0 amide bonds. The van der Waals surface area contributed by atoms with Crippen LogP contribution >= 0.6 is 12.2 Å². The van der Waals surface area contributed by atoms with Gasteiger partial charge in [0.1, 0.15) is 6.04 Å². The Morgan fingerprint density at radius 2 is 2.23 bits per heavy atom. The van der Waals surface area contributed by atoms with Gasteiger partial charge in [-0.2, -0.15) is 0 Å². The molecule has 0 aliphatic carbocycles. The van der Waals surface area contributed by atoms with Crippen LogP contribution in [0, 0.1) is 0 Å². The van der Waals surface area contributed by atoms with E-state index < -0.39 is 6.04 Å². The molecule has 0 radical (unpaired) electrons. The van der Waals surface area contributed by atoms with Gasteiger partial charge >= 0.3 is 5.97 Å². The molecular formula is C7H15N3O2S. The Hall–Kier alpha value is -0.880. The molecule has 0 spiro atoms. The van der Waals surface area contributed by atoms with Gasteiger partial charge in [-0.1, -0.05) is 6.92 Å². The number of thiocarbonyl (C=S) groups is 1. The van der Waals surface area contributed by atoms with Gasteiger partial charge in [-0.15, -0.1) is 0 Å². The summed E-state index contributed by atoms with van der Waals surface area (Å²) in [5.41, 5.74) is 10.3. The molecule has 0 saturated carbocycles. The Morgan fingerprint density at radius 3 is 2.62 bits per heavy atom. The van der Waals surface area contributed by atoms with Crippen LogP contribution in [0.25, 0.3) is 0 Å². The third-order valence-electron chi connectivity index (χ3n) is 1.35. The van der Waals surface area contributed by atoms with Gasteiger partial charge in [0.25, 0.3) is 0 Å². The van der Waals surface area contributed by atoms with E-state index >= 15 is 0 Å². The first-order valence-corrected chi connectivity index (χ1v) is 4.50. The highest BCUT2D eigenvalue weighted by Gasteiger charge is 2.16. The van der Waals surface area contributed by atoms with Crippen molar-refractivity contribution in [2.75, 3.05) is 6.61 Å². The van der Waals surface area contributed by atoms with Crippen LogP contribution in [0.1, 0.15) is 20.3 Å². The lowest BCUT2D eigenvalue weighted by atomic mass is 10.2. The van der Waals surface area contributed by atoms with E-state index in [1.807, 2.05) is 6.92 Å². The summed E-state index contributed by atoms with van der Waals surface area (Å²) >= 11 is 4.57. The van der Waals surface area contributed by atoms with E-state index in [1.165, 1.54) is 0 Å². The number of nitrogens with two attached hydrogens (primary N) is 1. The van der Waals surface area contributed by atoms with E-state index in [-0.39, 0.29) is 11.1 Å². The van der Waals surface area contributed by atoms with Gasteiger partial charge in [0.2, 0.25) is 0 Å². The summed E-state index contributed by atoms with van der Waals surface area (Å²) in [6.07, 6.45) is 0.606. The third-order valence-corrected chi connectivity index (χ3v) is 1.45. The lowest BCUT2D eigenvalue weighted by Gasteiger charge is -2.15. The average molecular weight is 205 g/mol. The summed E-state index contributed by atoms with van der Waals surface area (Å²) in [6.45, 7) is 3.98. The van der Waals surface area contributed by atoms with Crippen LogP contribution in [0.4, 0.5) is 0 Å². The molecule has 1 atom stereocenters. The van der Waals surface area contributed by atoms with Crippen LogP contribution in [0.3, 0.4) is 0 Å². The molecule has 6 heteroatoms. The molecule has 0 aliphatic heterocycles. The van der Waals surface area contributed by atoms with Gasteiger partial charge in [0.15, 0.2) is 5.11 Å². The number of hydrazine groups is 1. The first kappa shape index (κ1) is 12.1. The lowest BCUT2D eigenvalue weighted by molar-refractivity contribution is -0.145. The fourth-order valence-electron chi connectivity index (χ4n) is 0.729. The maximum atomic E-state index is 11.2. The Morgan fingerprint density at radius 1 is 1.62 bits per heavy atom. The largest absolute Gasteiger partial charge is 0.465 e. The number of carbonyl (C=O) groups is 1. The molecule has 0 aromatic carbocycles. The highest BCUT2D eigenvalue weighted by Crippen LogP contribution is 1.92. The molecule has 0 rings (SSSR count).